The van der Waals surface area contributed by atoms with Gasteiger partial charge in [0, 0.05) is 5.75 Å². The molecule has 0 aromatic carbocycles. The Labute approximate surface area is 125 Å². The third kappa shape index (κ3) is 5.48. The number of oxime groups is 1. The summed E-state index contributed by atoms with van der Waals surface area (Å²) in [5.74, 6) is 0.759. The number of aryl methyl sites for hydroxylation is 1. The molecule has 0 bridgehead atoms. The number of nitrogens with zero attached hydrogens (tertiary/aromatic N) is 3. The van der Waals surface area contributed by atoms with Gasteiger partial charge in [-0.05, 0) is 6.92 Å². The minimum absolute atomic E-state index is 0. The molecule has 20 heavy (non-hydrogen) atoms. The zero-order chi connectivity index (χ0) is 14.5. The van der Waals surface area contributed by atoms with Crippen LogP contribution in [-0.2, 0) is 28.4 Å². The average molecular weight is 326 g/mol. The highest BCUT2D eigenvalue weighted by molar-refractivity contribution is 7.91. The van der Waals surface area contributed by atoms with E-state index in [4.69, 9.17) is 9.94 Å². The molecule has 116 valence electrons. The molecule has 1 N–H and O–H groups in total. The summed E-state index contributed by atoms with van der Waals surface area (Å²) in [6.45, 7) is 3.53. The molecule has 0 radical (unpaired) electrons. The van der Waals surface area contributed by atoms with Crippen molar-refractivity contribution >= 4 is 16.1 Å². The van der Waals surface area contributed by atoms with Crippen molar-refractivity contribution < 1.29 is 35.3 Å². The fourth-order valence-corrected chi connectivity index (χ4v) is 2.64. The van der Waals surface area contributed by atoms with Crippen molar-refractivity contribution in [3.8, 4) is 0 Å². The Kier molecular flexibility index (Phi) is 7.77. The van der Waals surface area contributed by atoms with Crippen molar-refractivity contribution in [1.82, 2.24) is 4.57 Å². The van der Waals surface area contributed by atoms with Crippen LogP contribution in [0.2, 0.25) is 0 Å². The molecule has 1 atom stereocenters. The van der Waals surface area contributed by atoms with Crippen molar-refractivity contribution in [3.63, 3.8) is 0 Å². The van der Waals surface area contributed by atoms with Gasteiger partial charge in [0.2, 0.25) is 0 Å². The number of aromatic nitrogens is 2. The van der Waals surface area contributed by atoms with E-state index in [0.717, 1.165) is 0 Å². The molecule has 0 aliphatic rings. The molecule has 0 aliphatic carbocycles. The van der Waals surface area contributed by atoms with E-state index in [1.807, 2.05) is 0 Å². The lowest BCUT2D eigenvalue weighted by Gasteiger charge is -2.11. The van der Waals surface area contributed by atoms with E-state index in [1.54, 1.807) is 42.4 Å². The van der Waals surface area contributed by atoms with Crippen molar-refractivity contribution in [3.05, 3.63) is 18.2 Å². The molecule has 0 aliphatic heterocycles. The first-order chi connectivity index (χ1) is 8.89. The van der Waals surface area contributed by atoms with Gasteiger partial charge in [0.25, 0.3) is 0 Å². The summed E-state index contributed by atoms with van der Waals surface area (Å²) in [5, 5.41) is 11.6. The molecule has 1 heterocycles. The van der Waals surface area contributed by atoms with E-state index in [-0.39, 0.29) is 30.6 Å². The Hall–Kier alpha value is -1.12. The summed E-state index contributed by atoms with van der Waals surface area (Å²) in [6.07, 6.45) is 4.44. The molecule has 0 fully saturated rings. The molecule has 0 spiro atoms. The largest absolute Gasteiger partial charge is 1.00 e. The quantitative estimate of drug-likeness (QED) is 0.249. The average Bonchev–Trinajstić information content (AvgIpc) is 2.69. The molecule has 1 aromatic heterocycles. The molecule has 9 heteroatoms. The Morgan fingerprint density at radius 1 is 1.60 bits per heavy atom. The van der Waals surface area contributed by atoms with Crippen LogP contribution in [-0.4, -0.2) is 42.0 Å². The maximum atomic E-state index is 11.4. The first-order valence-corrected chi connectivity index (χ1v) is 7.76. The van der Waals surface area contributed by atoms with Gasteiger partial charge in [0.1, 0.15) is 12.4 Å². The van der Waals surface area contributed by atoms with Gasteiger partial charge in [-0.2, -0.15) is 0 Å². The summed E-state index contributed by atoms with van der Waals surface area (Å²) < 4.78 is 31.9. The van der Waals surface area contributed by atoms with Gasteiger partial charge in [0.05, 0.1) is 18.9 Å². The number of halogens is 1. The van der Waals surface area contributed by atoms with Crippen molar-refractivity contribution in [2.75, 3.05) is 11.5 Å². The molecule has 1 unspecified atom stereocenters. The van der Waals surface area contributed by atoms with Crippen molar-refractivity contribution in [2.24, 2.45) is 12.2 Å². The van der Waals surface area contributed by atoms with E-state index in [1.165, 1.54) is 6.21 Å². The van der Waals surface area contributed by atoms with Crippen LogP contribution in [0.15, 0.2) is 17.5 Å². The fraction of sp³-hybridized carbons (Fsp3) is 0.636. The molecule has 0 saturated heterocycles. The van der Waals surface area contributed by atoms with Crippen LogP contribution in [0.4, 0.5) is 0 Å². The number of hydrogen-bond acceptors (Lipinski definition) is 5. The predicted molar refractivity (Wildman–Crippen MR) is 69.9 cm³/mol. The molecule has 1 rings (SSSR count). The van der Waals surface area contributed by atoms with Gasteiger partial charge in [0.15, 0.2) is 22.8 Å². The van der Waals surface area contributed by atoms with Gasteiger partial charge in [-0.3, -0.25) is 0 Å². The zero-order valence-electron chi connectivity index (χ0n) is 11.7. The van der Waals surface area contributed by atoms with Gasteiger partial charge < -0.3 is 22.4 Å². The second kappa shape index (κ2) is 8.23. The molecule has 1 aromatic rings. The number of rotatable bonds is 7. The summed E-state index contributed by atoms with van der Waals surface area (Å²) >= 11 is 0. The van der Waals surface area contributed by atoms with Crippen LogP contribution < -0.4 is 17.0 Å². The molecular formula is C11H20ClN3O4S. The standard InChI is InChI=1S/C11H19N3O4S.ClH/c1-4-19(16,17)8-10(2)18-9-14-6-5-13(3)11(14)7-12-15;/h5-7,10H,4,8-9H2,1-3H3;1H. The van der Waals surface area contributed by atoms with E-state index in [9.17, 15) is 8.42 Å². The first-order valence-electron chi connectivity index (χ1n) is 5.94. The Bertz CT molecular complexity index is 542. The Balaban J connectivity index is 0.00000361. The third-order valence-electron chi connectivity index (χ3n) is 2.73. The first kappa shape index (κ1) is 18.9. The smallest absolute Gasteiger partial charge is 0.305 e. The second-order valence-corrected chi connectivity index (χ2v) is 6.68. The van der Waals surface area contributed by atoms with Crippen LogP contribution in [0, 0.1) is 0 Å². The molecule has 0 saturated carbocycles. The zero-order valence-corrected chi connectivity index (χ0v) is 13.3. The van der Waals surface area contributed by atoms with Gasteiger partial charge >= 0.3 is 5.82 Å². The minimum Gasteiger partial charge on any atom is -1.00 e. The number of ether oxygens (including phenoxy) is 1. The predicted octanol–water partition coefficient (Wildman–Crippen LogP) is -3.08. The van der Waals surface area contributed by atoms with Crippen molar-refractivity contribution in [2.45, 2.75) is 26.7 Å². The lowest BCUT2D eigenvalue weighted by Crippen LogP contribution is -3.00. The highest BCUT2D eigenvalue weighted by atomic mass is 35.5. The van der Waals surface area contributed by atoms with E-state index < -0.39 is 15.9 Å². The molecular weight excluding hydrogens is 306 g/mol. The van der Waals surface area contributed by atoms with Crippen LogP contribution in [0.25, 0.3) is 0 Å². The van der Waals surface area contributed by atoms with Crippen LogP contribution in [0.3, 0.4) is 0 Å². The third-order valence-corrected chi connectivity index (χ3v) is 4.58. The lowest BCUT2D eigenvalue weighted by atomic mass is 10.5. The second-order valence-electron chi connectivity index (χ2n) is 4.29. The van der Waals surface area contributed by atoms with Crippen LogP contribution in [0.5, 0.6) is 0 Å². The summed E-state index contributed by atoms with van der Waals surface area (Å²) in [4.78, 5) is 0. The summed E-state index contributed by atoms with van der Waals surface area (Å²) in [5.41, 5.74) is 0. The monoisotopic (exact) mass is 325 g/mol. The topological polar surface area (TPSA) is 84.8 Å². The van der Waals surface area contributed by atoms with Gasteiger partial charge in [-0.25, -0.2) is 17.6 Å². The summed E-state index contributed by atoms with van der Waals surface area (Å²) in [6, 6.07) is 0. The lowest BCUT2D eigenvalue weighted by molar-refractivity contribution is -0.672. The Morgan fingerprint density at radius 3 is 2.80 bits per heavy atom. The van der Waals surface area contributed by atoms with Gasteiger partial charge in [-0.1, -0.05) is 12.1 Å². The minimum atomic E-state index is -3.04. The summed E-state index contributed by atoms with van der Waals surface area (Å²) in [7, 11) is -1.24. The molecule has 7 nitrogen and oxygen atoms in total. The van der Waals surface area contributed by atoms with Crippen LogP contribution in [0.1, 0.15) is 19.7 Å². The Morgan fingerprint density at radius 2 is 2.25 bits per heavy atom. The van der Waals surface area contributed by atoms with E-state index in [0.29, 0.717) is 5.82 Å². The number of hydrogen-bond donors (Lipinski definition) is 1. The highest BCUT2D eigenvalue weighted by Crippen LogP contribution is 2.02. The van der Waals surface area contributed by atoms with E-state index >= 15 is 0 Å². The SMILES string of the molecule is CCS(=O)(=O)CC(C)OCn1cc[n+](C)c1/C=N/O.[Cl-]. The fourth-order valence-electron chi connectivity index (χ4n) is 1.59. The highest BCUT2D eigenvalue weighted by Gasteiger charge is 2.17. The maximum Gasteiger partial charge on any atom is 0.305 e. The normalized spacial score (nSPS) is 13.3. The van der Waals surface area contributed by atoms with E-state index in [2.05, 4.69) is 5.16 Å². The van der Waals surface area contributed by atoms with Crippen molar-refractivity contribution in [1.29, 1.82) is 0 Å². The number of imidazole rings is 1. The molecule has 0 amide bonds. The van der Waals surface area contributed by atoms with Crippen LogP contribution >= 0.6 is 0 Å². The van der Waals surface area contributed by atoms with Gasteiger partial charge in [-0.15, -0.1) is 0 Å². The number of sulfone groups is 1. The maximum absolute atomic E-state index is 11.4.